The number of hydrogen-bond acceptors (Lipinski definition) is 4. The monoisotopic (exact) mass is 257 g/mol. The predicted octanol–water partition coefficient (Wildman–Crippen LogP) is 1.92. The molecule has 2 N–H and O–H groups in total. The number of hydrogen-bond donors (Lipinski definition) is 2. The Kier molecular flexibility index (Phi) is 3.82. The summed E-state index contributed by atoms with van der Waals surface area (Å²) in [7, 11) is 0. The van der Waals surface area contributed by atoms with Gasteiger partial charge in [-0.15, -0.1) is 24.8 Å². The Hall–Kier alpha value is -1.21. The summed E-state index contributed by atoms with van der Waals surface area (Å²) in [6, 6.07) is 0.856. The summed E-state index contributed by atoms with van der Waals surface area (Å²) in [6.45, 7) is -0.717. The van der Waals surface area contributed by atoms with Gasteiger partial charge in [-0.1, -0.05) is 0 Å². The Morgan fingerprint density at radius 3 is 2.50 bits per heavy atom. The van der Waals surface area contributed by atoms with E-state index < -0.39 is 24.5 Å². The van der Waals surface area contributed by atoms with Crippen LogP contribution in [0.4, 0.5) is 13.2 Å². The van der Waals surface area contributed by atoms with E-state index in [4.69, 9.17) is 16.7 Å². The second-order valence-electron chi connectivity index (χ2n) is 2.75. The third-order valence-electron chi connectivity index (χ3n) is 1.60. The van der Waals surface area contributed by atoms with Crippen molar-refractivity contribution in [2.45, 2.75) is 18.8 Å². The molecule has 1 aromatic heterocycles. The van der Waals surface area contributed by atoms with E-state index in [-0.39, 0.29) is 17.3 Å². The molecule has 0 atom stereocenters. The molecule has 90 valence electrons. The largest absolute Gasteiger partial charge is 0.573 e. The van der Waals surface area contributed by atoms with E-state index in [1.165, 1.54) is 0 Å². The second kappa shape index (κ2) is 4.75. The number of halogens is 4. The van der Waals surface area contributed by atoms with Crippen molar-refractivity contribution in [3.8, 4) is 11.5 Å². The molecule has 0 bridgehead atoms. The highest BCUT2D eigenvalue weighted by Crippen LogP contribution is 2.34. The van der Waals surface area contributed by atoms with Crippen molar-refractivity contribution in [1.29, 1.82) is 0 Å². The molecular weight excluding hydrogens is 251 g/mol. The molecule has 0 unspecified atom stereocenters. The number of ether oxygens (including phenoxy) is 1. The van der Waals surface area contributed by atoms with Gasteiger partial charge >= 0.3 is 6.36 Å². The van der Waals surface area contributed by atoms with E-state index in [9.17, 15) is 18.3 Å². The minimum Gasteiger partial charge on any atom is -0.503 e. The smallest absolute Gasteiger partial charge is 0.503 e. The first-order valence-corrected chi connectivity index (χ1v) is 4.55. The number of aliphatic hydroxyl groups is 1. The summed E-state index contributed by atoms with van der Waals surface area (Å²) >= 11 is 5.39. The van der Waals surface area contributed by atoms with Crippen molar-refractivity contribution in [3.05, 3.63) is 17.5 Å². The zero-order chi connectivity index (χ0) is 12.3. The Labute approximate surface area is 93.2 Å². The van der Waals surface area contributed by atoms with Crippen molar-refractivity contribution in [1.82, 2.24) is 4.98 Å². The Balaban J connectivity index is 3.16. The summed E-state index contributed by atoms with van der Waals surface area (Å²) in [4.78, 5) is 3.62. The SMILES string of the molecule is OCc1nc(CCl)cc(OC(F)(F)F)c1O. The lowest BCUT2D eigenvalue weighted by atomic mass is 10.2. The van der Waals surface area contributed by atoms with Gasteiger partial charge in [-0.25, -0.2) is 4.98 Å². The molecule has 0 amide bonds. The topological polar surface area (TPSA) is 62.6 Å². The number of rotatable bonds is 3. The number of aromatic nitrogens is 1. The highest BCUT2D eigenvalue weighted by atomic mass is 35.5. The molecule has 0 aliphatic rings. The summed E-state index contributed by atoms with van der Waals surface area (Å²) in [5.74, 6) is -1.85. The maximum atomic E-state index is 11.9. The van der Waals surface area contributed by atoms with Crippen LogP contribution < -0.4 is 4.74 Å². The van der Waals surface area contributed by atoms with Gasteiger partial charge in [0.15, 0.2) is 11.5 Å². The summed E-state index contributed by atoms with van der Waals surface area (Å²) < 4.78 is 39.4. The van der Waals surface area contributed by atoms with Gasteiger partial charge < -0.3 is 14.9 Å². The lowest BCUT2D eigenvalue weighted by Gasteiger charge is -2.12. The summed E-state index contributed by atoms with van der Waals surface area (Å²) in [5.41, 5.74) is -0.264. The summed E-state index contributed by atoms with van der Waals surface area (Å²) in [5, 5.41) is 18.0. The van der Waals surface area contributed by atoms with E-state index in [0.29, 0.717) is 0 Å². The van der Waals surface area contributed by atoms with Gasteiger partial charge in [0.25, 0.3) is 0 Å². The van der Waals surface area contributed by atoms with Crippen LogP contribution in [0, 0.1) is 0 Å². The minimum atomic E-state index is -4.94. The second-order valence-corrected chi connectivity index (χ2v) is 3.01. The van der Waals surface area contributed by atoms with Gasteiger partial charge in [-0.2, -0.15) is 0 Å². The van der Waals surface area contributed by atoms with Crippen molar-refractivity contribution in [3.63, 3.8) is 0 Å². The fourth-order valence-corrected chi connectivity index (χ4v) is 1.14. The predicted molar refractivity (Wildman–Crippen MR) is 48.1 cm³/mol. The standard InChI is InChI=1S/C8H7ClF3NO3/c9-2-4-1-6(16-8(10,11)12)7(15)5(3-14)13-4/h1,14-15H,2-3H2. The van der Waals surface area contributed by atoms with Gasteiger partial charge in [-0.05, 0) is 0 Å². The fraction of sp³-hybridized carbons (Fsp3) is 0.375. The zero-order valence-electron chi connectivity index (χ0n) is 7.75. The molecule has 8 heteroatoms. The number of alkyl halides is 4. The highest BCUT2D eigenvalue weighted by Gasteiger charge is 2.33. The average molecular weight is 258 g/mol. The molecule has 0 saturated heterocycles. The van der Waals surface area contributed by atoms with Gasteiger partial charge in [0.1, 0.15) is 5.69 Å². The number of aromatic hydroxyl groups is 1. The van der Waals surface area contributed by atoms with E-state index in [2.05, 4.69) is 9.72 Å². The van der Waals surface area contributed by atoms with Gasteiger partial charge in [0, 0.05) is 6.07 Å². The summed E-state index contributed by atoms with van der Waals surface area (Å²) in [6.07, 6.45) is -4.94. The maximum absolute atomic E-state index is 11.9. The van der Waals surface area contributed by atoms with Gasteiger partial charge in [0.2, 0.25) is 0 Å². The van der Waals surface area contributed by atoms with E-state index in [1.807, 2.05) is 0 Å². The average Bonchev–Trinajstić information content (AvgIpc) is 2.19. The lowest BCUT2D eigenvalue weighted by molar-refractivity contribution is -0.275. The van der Waals surface area contributed by atoms with Crippen LogP contribution in [-0.2, 0) is 12.5 Å². The Bertz CT molecular complexity index is 384. The molecular formula is C8H7ClF3NO3. The normalized spacial score (nSPS) is 11.6. The van der Waals surface area contributed by atoms with Crippen LogP contribution in [0.1, 0.15) is 11.4 Å². The number of aliphatic hydroxyl groups excluding tert-OH is 1. The zero-order valence-corrected chi connectivity index (χ0v) is 8.51. The van der Waals surface area contributed by atoms with Crippen LogP contribution >= 0.6 is 11.6 Å². The van der Waals surface area contributed by atoms with Crippen molar-refractivity contribution < 1.29 is 28.1 Å². The van der Waals surface area contributed by atoms with Crippen molar-refractivity contribution in [2.75, 3.05) is 0 Å². The van der Waals surface area contributed by atoms with Crippen LogP contribution in [0.5, 0.6) is 11.5 Å². The highest BCUT2D eigenvalue weighted by molar-refractivity contribution is 6.16. The first kappa shape index (κ1) is 12.9. The van der Waals surface area contributed by atoms with Crippen molar-refractivity contribution in [2.24, 2.45) is 0 Å². The molecule has 16 heavy (non-hydrogen) atoms. The first-order chi connectivity index (χ1) is 7.37. The molecule has 1 heterocycles. The molecule has 0 aliphatic heterocycles. The molecule has 0 radical (unpaired) electrons. The molecule has 1 rings (SSSR count). The molecule has 0 aromatic carbocycles. The van der Waals surface area contributed by atoms with Crippen LogP contribution in [0.2, 0.25) is 0 Å². The van der Waals surface area contributed by atoms with Crippen molar-refractivity contribution >= 4 is 11.6 Å². The van der Waals surface area contributed by atoms with E-state index in [0.717, 1.165) is 6.07 Å². The first-order valence-electron chi connectivity index (χ1n) is 4.01. The van der Waals surface area contributed by atoms with E-state index in [1.54, 1.807) is 0 Å². The van der Waals surface area contributed by atoms with E-state index >= 15 is 0 Å². The van der Waals surface area contributed by atoms with Crippen LogP contribution in [0.25, 0.3) is 0 Å². The number of pyridine rings is 1. The molecule has 0 fully saturated rings. The van der Waals surface area contributed by atoms with Gasteiger partial charge in [-0.3, -0.25) is 0 Å². The third kappa shape index (κ3) is 3.14. The van der Waals surface area contributed by atoms with Crippen LogP contribution in [0.3, 0.4) is 0 Å². The van der Waals surface area contributed by atoms with Gasteiger partial charge in [0.05, 0.1) is 18.2 Å². The molecule has 0 aliphatic carbocycles. The van der Waals surface area contributed by atoms with Crippen LogP contribution in [-0.4, -0.2) is 21.6 Å². The Morgan fingerprint density at radius 1 is 1.44 bits per heavy atom. The van der Waals surface area contributed by atoms with Crippen LogP contribution in [0.15, 0.2) is 6.07 Å². The minimum absolute atomic E-state index is 0.0581. The molecule has 1 aromatic rings. The molecule has 4 nitrogen and oxygen atoms in total. The third-order valence-corrected chi connectivity index (χ3v) is 1.87. The number of nitrogens with zero attached hydrogens (tertiary/aromatic N) is 1. The lowest BCUT2D eigenvalue weighted by Crippen LogP contribution is -2.18. The maximum Gasteiger partial charge on any atom is 0.573 e. The molecule has 0 saturated carbocycles. The fourth-order valence-electron chi connectivity index (χ4n) is 1.00. The quantitative estimate of drug-likeness (QED) is 0.812. The molecule has 0 spiro atoms. The Morgan fingerprint density at radius 2 is 2.06 bits per heavy atom.